The van der Waals surface area contributed by atoms with E-state index in [1.54, 1.807) is 21.9 Å². The summed E-state index contributed by atoms with van der Waals surface area (Å²) in [5.41, 5.74) is 1.61. The second-order valence-corrected chi connectivity index (χ2v) is 5.21. The minimum Gasteiger partial charge on any atom is -0.309 e. The van der Waals surface area contributed by atoms with Crippen molar-refractivity contribution >= 4 is 46.2 Å². The van der Waals surface area contributed by atoms with E-state index >= 15 is 0 Å². The Kier molecular flexibility index (Phi) is 3.42. The Morgan fingerprint density at radius 2 is 1.70 bits per heavy atom. The molecule has 2 aromatic carbocycles. The van der Waals surface area contributed by atoms with Crippen molar-refractivity contribution in [3.63, 3.8) is 0 Å². The van der Waals surface area contributed by atoms with Gasteiger partial charge in [-0.1, -0.05) is 35.9 Å². The number of para-hydroxylation sites is 1. The van der Waals surface area contributed by atoms with Crippen LogP contribution in [0.2, 0.25) is 5.02 Å². The van der Waals surface area contributed by atoms with E-state index in [4.69, 9.17) is 23.8 Å². The zero-order chi connectivity index (χ0) is 14.1. The lowest BCUT2D eigenvalue weighted by Gasteiger charge is -2.20. The van der Waals surface area contributed by atoms with Gasteiger partial charge in [-0.3, -0.25) is 9.69 Å². The molecule has 2 aromatic rings. The predicted octanol–water partition coefficient (Wildman–Crippen LogP) is 3.48. The molecule has 0 bridgehead atoms. The number of amides is 1. The zero-order valence-corrected chi connectivity index (χ0v) is 12.1. The van der Waals surface area contributed by atoms with Gasteiger partial charge >= 0.3 is 0 Å². The molecule has 0 atom stereocenters. The van der Waals surface area contributed by atoms with Gasteiger partial charge in [-0.05, 0) is 42.5 Å². The maximum atomic E-state index is 12.2. The fraction of sp³-hybridized carbons (Fsp3) is 0.0667. The number of anilines is 2. The van der Waals surface area contributed by atoms with Crippen LogP contribution in [0.15, 0.2) is 54.6 Å². The molecular formula is C15H11ClN2OS. The average molecular weight is 303 g/mol. The molecular weight excluding hydrogens is 292 g/mol. The Bertz CT molecular complexity index is 675. The van der Waals surface area contributed by atoms with Crippen LogP contribution in [0.1, 0.15) is 0 Å². The number of nitrogens with zero attached hydrogens (tertiary/aromatic N) is 2. The number of carbonyl (C=O) groups excluding carboxylic acids is 1. The van der Waals surface area contributed by atoms with Crippen molar-refractivity contribution in [2.24, 2.45) is 0 Å². The summed E-state index contributed by atoms with van der Waals surface area (Å²) >= 11 is 11.4. The Morgan fingerprint density at radius 1 is 1.00 bits per heavy atom. The normalized spacial score (nSPS) is 15.1. The summed E-state index contributed by atoms with van der Waals surface area (Å²) in [4.78, 5) is 15.6. The second kappa shape index (κ2) is 5.23. The van der Waals surface area contributed by atoms with Crippen molar-refractivity contribution in [3.05, 3.63) is 59.6 Å². The van der Waals surface area contributed by atoms with Gasteiger partial charge in [0, 0.05) is 10.7 Å². The quantitative estimate of drug-likeness (QED) is 0.794. The van der Waals surface area contributed by atoms with E-state index in [2.05, 4.69) is 0 Å². The highest BCUT2D eigenvalue weighted by Crippen LogP contribution is 2.27. The van der Waals surface area contributed by atoms with Crippen molar-refractivity contribution in [3.8, 4) is 0 Å². The van der Waals surface area contributed by atoms with Gasteiger partial charge in [0.25, 0.3) is 5.91 Å². The number of thiocarbonyl (C=S) groups is 1. The Labute approximate surface area is 127 Å². The molecule has 0 saturated carbocycles. The molecule has 0 aromatic heterocycles. The van der Waals surface area contributed by atoms with Crippen molar-refractivity contribution in [1.82, 2.24) is 0 Å². The maximum absolute atomic E-state index is 12.2. The predicted molar refractivity (Wildman–Crippen MR) is 85.3 cm³/mol. The number of rotatable bonds is 2. The molecule has 1 aliphatic heterocycles. The topological polar surface area (TPSA) is 23.6 Å². The van der Waals surface area contributed by atoms with E-state index in [0.717, 1.165) is 11.4 Å². The molecule has 1 saturated heterocycles. The van der Waals surface area contributed by atoms with Crippen LogP contribution in [0.5, 0.6) is 0 Å². The van der Waals surface area contributed by atoms with Crippen LogP contribution in [0.25, 0.3) is 0 Å². The number of hydrogen-bond acceptors (Lipinski definition) is 2. The van der Waals surface area contributed by atoms with E-state index in [0.29, 0.717) is 10.1 Å². The highest BCUT2D eigenvalue weighted by molar-refractivity contribution is 7.81. The summed E-state index contributed by atoms with van der Waals surface area (Å²) in [6.07, 6.45) is 0. The fourth-order valence-electron chi connectivity index (χ4n) is 2.18. The standard InChI is InChI=1S/C15H11ClN2OS/c16-11-5-4-8-13(9-11)17-10-14(19)18(15(17)20)12-6-2-1-3-7-12/h1-9H,10H2. The van der Waals surface area contributed by atoms with Gasteiger partial charge in [0.2, 0.25) is 0 Å². The van der Waals surface area contributed by atoms with Gasteiger partial charge in [-0.25, -0.2) is 0 Å². The van der Waals surface area contributed by atoms with Gasteiger partial charge in [0.15, 0.2) is 5.11 Å². The lowest BCUT2D eigenvalue weighted by atomic mass is 10.3. The third-order valence-corrected chi connectivity index (χ3v) is 3.74. The molecule has 100 valence electrons. The van der Waals surface area contributed by atoms with E-state index < -0.39 is 0 Å². The van der Waals surface area contributed by atoms with Crippen LogP contribution in [0, 0.1) is 0 Å². The minimum atomic E-state index is -0.0406. The lowest BCUT2D eigenvalue weighted by molar-refractivity contribution is -0.115. The first-order chi connectivity index (χ1) is 9.66. The van der Waals surface area contributed by atoms with E-state index in [-0.39, 0.29) is 12.5 Å². The average Bonchev–Trinajstić information content (AvgIpc) is 2.75. The molecule has 0 unspecified atom stereocenters. The van der Waals surface area contributed by atoms with Crippen LogP contribution >= 0.6 is 23.8 Å². The first kappa shape index (κ1) is 13.1. The first-order valence-electron chi connectivity index (χ1n) is 6.12. The summed E-state index contributed by atoms with van der Waals surface area (Å²) < 4.78 is 0. The molecule has 0 radical (unpaired) electrons. The molecule has 1 fully saturated rings. The fourth-order valence-corrected chi connectivity index (χ4v) is 2.74. The Hall–Kier alpha value is -1.91. The SMILES string of the molecule is O=C1CN(c2cccc(Cl)c2)C(=S)N1c1ccccc1. The highest BCUT2D eigenvalue weighted by atomic mass is 35.5. The van der Waals surface area contributed by atoms with Crippen molar-refractivity contribution < 1.29 is 4.79 Å². The van der Waals surface area contributed by atoms with Gasteiger partial charge in [0.1, 0.15) is 6.54 Å². The molecule has 20 heavy (non-hydrogen) atoms. The van der Waals surface area contributed by atoms with E-state index in [9.17, 15) is 4.79 Å². The number of benzene rings is 2. The van der Waals surface area contributed by atoms with Crippen LogP contribution in [-0.4, -0.2) is 17.6 Å². The number of hydrogen-bond donors (Lipinski definition) is 0. The molecule has 5 heteroatoms. The smallest absolute Gasteiger partial charge is 0.253 e. The largest absolute Gasteiger partial charge is 0.309 e. The van der Waals surface area contributed by atoms with Crippen LogP contribution in [0.3, 0.4) is 0 Å². The molecule has 0 aliphatic carbocycles. The number of carbonyl (C=O) groups is 1. The third-order valence-electron chi connectivity index (χ3n) is 3.10. The summed E-state index contributed by atoms with van der Waals surface area (Å²) in [7, 11) is 0. The molecule has 0 N–H and O–H groups in total. The van der Waals surface area contributed by atoms with E-state index in [1.807, 2.05) is 42.5 Å². The molecule has 0 spiro atoms. The van der Waals surface area contributed by atoms with E-state index in [1.165, 1.54) is 0 Å². The molecule has 3 rings (SSSR count). The van der Waals surface area contributed by atoms with Crippen LogP contribution in [-0.2, 0) is 4.79 Å². The zero-order valence-electron chi connectivity index (χ0n) is 10.5. The summed E-state index contributed by atoms with van der Waals surface area (Å²) in [6, 6.07) is 16.7. The molecule has 1 aliphatic rings. The first-order valence-corrected chi connectivity index (χ1v) is 6.90. The van der Waals surface area contributed by atoms with Crippen LogP contribution < -0.4 is 9.80 Å². The van der Waals surface area contributed by atoms with Gasteiger partial charge in [-0.15, -0.1) is 0 Å². The van der Waals surface area contributed by atoms with Gasteiger partial charge in [-0.2, -0.15) is 0 Å². The third kappa shape index (κ3) is 2.28. The lowest BCUT2D eigenvalue weighted by Crippen LogP contribution is -2.32. The van der Waals surface area contributed by atoms with Crippen molar-refractivity contribution in [1.29, 1.82) is 0 Å². The summed E-state index contributed by atoms with van der Waals surface area (Å²) in [5.74, 6) is -0.0406. The van der Waals surface area contributed by atoms with Gasteiger partial charge in [0.05, 0.1) is 5.69 Å². The second-order valence-electron chi connectivity index (χ2n) is 4.41. The molecule has 1 heterocycles. The minimum absolute atomic E-state index is 0.0406. The highest BCUT2D eigenvalue weighted by Gasteiger charge is 2.34. The van der Waals surface area contributed by atoms with Crippen LogP contribution in [0.4, 0.5) is 11.4 Å². The van der Waals surface area contributed by atoms with Crippen molar-refractivity contribution in [2.45, 2.75) is 0 Å². The monoisotopic (exact) mass is 302 g/mol. The Morgan fingerprint density at radius 3 is 2.40 bits per heavy atom. The number of halogens is 1. The molecule has 3 nitrogen and oxygen atoms in total. The maximum Gasteiger partial charge on any atom is 0.253 e. The van der Waals surface area contributed by atoms with Gasteiger partial charge < -0.3 is 4.90 Å². The molecule has 1 amide bonds. The van der Waals surface area contributed by atoms with Crippen molar-refractivity contribution in [2.75, 3.05) is 16.3 Å². The summed E-state index contributed by atoms with van der Waals surface area (Å²) in [6.45, 7) is 0.230. The summed E-state index contributed by atoms with van der Waals surface area (Å²) in [5, 5.41) is 1.10. The Balaban J connectivity index is 1.95.